The van der Waals surface area contributed by atoms with Crippen LogP contribution in [0, 0.1) is 0 Å². The Morgan fingerprint density at radius 1 is 1.50 bits per heavy atom. The lowest BCUT2D eigenvalue weighted by molar-refractivity contribution is 0.606. The SMILES string of the molecule is CS(=O)(=O)Nc1ccc(=O)[nH]n1. The number of aromatic amines is 1. The summed E-state index contributed by atoms with van der Waals surface area (Å²) in [5, 5.41) is 5.53. The minimum absolute atomic E-state index is 0.0945. The summed E-state index contributed by atoms with van der Waals surface area (Å²) in [4.78, 5) is 10.5. The minimum Gasteiger partial charge on any atom is -0.268 e. The normalized spacial score (nSPS) is 11.1. The van der Waals surface area contributed by atoms with Gasteiger partial charge in [-0.05, 0) is 6.07 Å². The van der Waals surface area contributed by atoms with E-state index in [4.69, 9.17) is 0 Å². The van der Waals surface area contributed by atoms with Crippen LogP contribution >= 0.6 is 0 Å². The van der Waals surface area contributed by atoms with Gasteiger partial charge in [-0.25, -0.2) is 13.5 Å². The Bertz CT molecular complexity index is 401. The van der Waals surface area contributed by atoms with Gasteiger partial charge in [0.1, 0.15) is 0 Å². The molecule has 1 heterocycles. The quantitative estimate of drug-likeness (QED) is 0.633. The van der Waals surface area contributed by atoms with Crippen LogP contribution in [0.3, 0.4) is 0 Å². The van der Waals surface area contributed by atoms with Crippen LogP contribution in [0.5, 0.6) is 0 Å². The van der Waals surface area contributed by atoms with Crippen LogP contribution in [0.25, 0.3) is 0 Å². The largest absolute Gasteiger partial charge is 0.268 e. The maximum atomic E-state index is 10.6. The van der Waals surface area contributed by atoms with Crippen LogP contribution < -0.4 is 10.3 Å². The number of nitrogens with zero attached hydrogens (tertiary/aromatic N) is 1. The van der Waals surface area contributed by atoms with Gasteiger partial charge in [0.2, 0.25) is 10.0 Å². The smallest absolute Gasteiger partial charge is 0.264 e. The number of anilines is 1. The Labute approximate surface area is 68.7 Å². The topological polar surface area (TPSA) is 91.9 Å². The van der Waals surface area contributed by atoms with E-state index in [-0.39, 0.29) is 11.4 Å². The molecule has 0 radical (unpaired) electrons. The van der Waals surface area contributed by atoms with Crippen molar-refractivity contribution in [1.82, 2.24) is 10.2 Å². The Morgan fingerprint density at radius 2 is 2.17 bits per heavy atom. The van der Waals surface area contributed by atoms with Crippen molar-refractivity contribution in [2.45, 2.75) is 0 Å². The van der Waals surface area contributed by atoms with E-state index in [0.717, 1.165) is 6.26 Å². The van der Waals surface area contributed by atoms with Gasteiger partial charge in [-0.3, -0.25) is 9.52 Å². The van der Waals surface area contributed by atoms with Crippen molar-refractivity contribution < 1.29 is 8.42 Å². The number of H-pyrrole nitrogens is 1. The molecule has 0 unspecified atom stereocenters. The highest BCUT2D eigenvalue weighted by molar-refractivity contribution is 7.92. The van der Waals surface area contributed by atoms with Gasteiger partial charge in [-0.2, -0.15) is 5.10 Å². The first-order valence-corrected chi connectivity index (χ1v) is 4.90. The van der Waals surface area contributed by atoms with Crippen molar-refractivity contribution in [3.8, 4) is 0 Å². The van der Waals surface area contributed by atoms with E-state index in [1.54, 1.807) is 0 Å². The summed E-state index contributed by atoms with van der Waals surface area (Å²) in [6, 6.07) is 2.46. The summed E-state index contributed by atoms with van der Waals surface area (Å²) in [6.07, 6.45) is 1.000. The van der Waals surface area contributed by atoms with Gasteiger partial charge < -0.3 is 0 Å². The van der Waals surface area contributed by atoms with Gasteiger partial charge in [-0.1, -0.05) is 0 Å². The van der Waals surface area contributed by atoms with Crippen LogP contribution in [0.1, 0.15) is 0 Å². The molecule has 12 heavy (non-hydrogen) atoms. The van der Waals surface area contributed by atoms with Crippen molar-refractivity contribution in [1.29, 1.82) is 0 Å². The molecular weight excluding hydrogens is 182 g/mol. The molecule has 1 aromatic rings. The zero-order valence-corrected chi connectivity index (χ0v) is 7.05. The average Bonchev–Trinajstić information content (AvgIpc) is 1.91. The van der Waals surface area contributed by atoms with Crippen LogP contribution in [-0.2, 0) is 10.0 Å². The molecule has 7 heteroatoms. The maximum absolute atomic E-state index is 10.6. The van der Waals surface area contributed by atoms with Gasteiger partial charge >= 0.3 is 0 Å². The molecule has 0 aromatic carbocycles. The fourth-order valence-corrected chi connectivity index (χ4v) is 1.08. The average molecular weight is 189 g/mol. The van der Waals surface area contributed by atoms with Gasteiger partial charge in [-0.15, -0.1) is 0 Å². The van der Waals surface area contributed by atoms with Crippen molar-refractivity contribution >= 4 is 15.8 Å². The Hall–Kier alpha value is -1.37. The van der Waals surface area contributed by atoms with E-state index in [0.29, 0.717) is 0 Å². The first kappa shape index (κ1) is 8.72. The second-order valence-corrected chi connectivity index (χ2v) is 3.93. The minimum atomic E-state index is -3.32. The second-order valence-electron chi connectivity index (χ2n) is 2.18. The van der Waals surface area contributed by atoms with E-state index in [1.165, 1.54) is 12.1 Å². The third-order valence-electron chi connectivity index (χ3n) is 0.969. The standard InChI is InChI=1S/C5H7N3O3S/c1-12(10,11)8-4-2-3-5(9)7-6-4/h2-3H,1H3,(H,6,8)(H,7,9). The molecule has 1 aromatic heterocycles. The van der Waals surface area contributed by atoms with Crippen molar-refractivity contribution in [3.63, 3.8) is 0 Å². The highest BCUT2D eigenvalue weighted by atomic mass is 32.2. The zero-order valence-electron chi connectivity index (χ0n) is 6.23. The molecule has 6 nitrogen and oxygen atoms in total. The van der Waals surface area contributed by atoms with E-state index < -0.39 is 10.0 Å². The lowest BCUT2D eigenvalue weighted by Gasteiger charge is -1.99. The van der Waals surface area contributed by atoms with Crippen LogP contribution in [-0.4, -0.2) is 24.9 Å². The molecule has 0 aliphatic rings. The summed E-state index contributed by atoms with van der Waals surface area (Å²) in [5.74, 6) is 0.0945. The molecule has 66 valence electrons. The van der Waals surface area contributed by atoms with E-state index in [2.05, 4.69) is 14.9 Å². The Balaban J connectivity index is 2.93. The molecule has 0 amide bonds. The van der Waals surface area contributed by atoms with E-state index in [9.17, 15) is 13.2 Å². The van der Waals surface area contributed by atoms with E-state index >= 15 is 0 Å². The highest BCUT2D eigenvalue weighted by Crippen LogP contribution is 1.97. The first-order chi connectivity index (χ1) is 5.47. The van der Waals surface area contributed by atoms with E-state index in [1.807, 2.05) is 0 Å². The molecule has 0 aliphatic carbocycles. The lowest BCUT2D eigenvalue weighted by Crippen LogP contribution is -2.14. The highest BCUT2D eigenvalue weighted by Gasteiger charge is 2.01. The van der Waals surface area contributed by atoms with Crippen molar-refractivity contribution in [2.75, 3.05) is 11.0 Å². The maximum Gasteiger partial charge on any atom is 0.264 e. The number of nitrogens with one attached hydrogen (secondary N) is 2. The Morgan fingerprint density at radius 3 is 2.58 bits per heavy atom. The first-order valence-electron chi connectivity index (χ1n) is 3.01. The van der Waals surface area contributed by atoms with Crippen LogP contribution in [0.2, 0.25) is 0 Å². The number of hydrogen-bond donors (Lipinski definition) is 2. The molecule has 2 N–H and O–H groups in total. The molecular formula is C5H7N3O3S. The van der Waals surface area contributed by atoms with Crippen LogP contribution in [0.15, 0.2) is 16.9 Å². The molecule has 0 saturated heterocycles. The molecule has 0 saturated carbocycles. The van der Waals surface area contributed by atoms with Crippen molar-refractivity contribution in [3.05, 3.63) is 22.5 Å². The fourth-order valence-electron chi connectivity index (χ4n) is 0.591. The van der Waals surface area contributed by atoms with Gasteiger partial charge in [0.25, 0.3) is 5.56 Å². The molecule has 0 fully saturated rings. The van der Waals surface area contributed by atoms with Gasteiger partial charge in [0.05, 0.1) is 6.26 Å². The molecule has 0 atom stereocenters. The summed E-state index contributed by atoms with van der Waals surface area (Å²) >= 11 is 0. The zero-order chi connectivity index (χ0) is 9.19. The second kappa shape index (κ2) is 2.94. The predicted octanol–water partition coefficient (Wildman–Crippen LogP) is -0.859. The monoisotopic (exact) mass is 189 g/mol. The van der Waals surface area contributed by atoms with Gasteiger partial charge in [0, 0.05) is 6.07 Å². The molecule has 0 spiro atoms. The van der Waals surface area contributed by atoms with Crippen molar-refractivity contribution in [2.24, 2.45) is 0 Å². The summed E-state index contributed by atoms with van der Waals surface area (Å²) in [7, 11) is -3.32. The molecule has 0 aliphatic heterocycles. The number of sulfonamides is 1. The lowest BCUT2D eigenvalue weighted by atomic mass is 10.5. The summed E-state index contributed by atoms with van der Waals surface area (Å²) < 4.78 is 23.4. The number of hydrogen-bond acceptors (Lipinski definition) is 4. The summed E-state index contributed by atoms with van der Waals surface area (Å²) in [5.41, 5.74) is -0.381. The predicted molar refractivity (Wildman–Crippen MR) is 43.3 cm³/mol. The fraction of sp³-hybridized carbons (Fsp3) is 0.200. The molecule has 1 rings (SSSR count). The number of rotatable bonds is 2. The summed E-state index contributed by atoms with van der Waals surface area (Å²) in [6.45, 7) is 0. The third-order valence-corrected chi connectivity index (χ3v) is 1.55. The third kappa shape index (κ3) is 2.70. The Kier molecular flexibility index (Phi) is 2.13. The number of aromatic nitrogens is 2. The van der Waals surface area contributed by atoms with Gasteiger partial charge in [0.15, 0.2) is 5.82 Å². The molecule has 0 bridgehead atoms. The van der Waals surface area contributed by atoms with Crippen LogP contribution in [0.4, 0.5) is 5.82 Å².